The second-order valence-electron chi connectivity index (χ2n) is 8.06. The first-order valence-corrected chi connectivity index (χ1v) is 9.70. The maximum absolute atomic E-state index is 15.3. The van der Waals surface area contributed by atoms with Crippen LogP contribution in [0.15, 0.2) is 22.1 Å². The fourth-order valence-electron chi connectivity index (χ4n) is 4.42. The van der Waals surface area contributed by atoms with Gasteiger partial charge in [0.2, 0.25) is 0 Å². The summed E-state index contributed by atoms with van der Waals surface area (Å²) in [6.07, 6.45) is 2.75. The van der Waals surface area contributed by atoms with E-state index in [9.17, 15) is 4.79 Å². The normalized spacial score (nSPS) is 21.5. The Bertz CT molecular complexity index is 1030. The molecule has 150 valence electrons. The molecule has 0 bridgehead atoms. The number of hydrogen-bond acceptors (Lipinski definition) is 5. The van der Waals surface area contributed by atoms with Gasteiger partial charge in [-0.25, -0.2) is 4.39 Å². The third kappa shape index (κ3) is 2.92. The van der Waals surface area contributed by atoms with Crippen molar-refractivity contribution in [3.8, 4) is 0 Å². The van der Waals surface area contributed by atoms with Crippen molar-refractivity contribution in [1.29, 1.82) is 0 Å². The molecule has 4 rings (SSSR count). The summed E-state index contributed by atoms with van der Waals surface area (Å²) in [6, 6.07) is 2.90. The van der Waals surface area contributed by atoms with Crippen LogP contribution in [0.25, 0.3) is 10.9 Å². The fraction of sp³-hybridized carbons (Fsp3) is 0.500. The number of fused-ring (bicyclic) bond motifs is 1. The van der Waals surface area contributed by atoms with Gasteiger partial charge in [-0.3, -0.25) is 4.79 Å². The Kier molecular flexibility index (Phi) is 4.53. The molecule has 2 atom stereocenters. The van der Waals surface area contributed by atoms with Crippen molar-refractivity contribution in [3.63, 3.8) is 0 Å². The molecule has 7 nitrogen and oxygen atoms in total. The highest BCUT2D eigenvalue weighted by molar-refractivity contribution is 6.09. The molecule has 1 aromatic carbocycles. The van der Waals surface area contributed by atoms with E-state index >= 15 is 4.39 Å². The first-order valence-electron chi connectivity index (χ1n) is 9.70. The SMILES string of the molecule is Cc1c(N2CC[C@@H]([C@H](C)N)C2)c(F)cc2c(/C(N)=N/O)cc(=O)n(C3CC3)c12. The molecule has 2 heterocycles. The molecule has 1 aliphatic carbocycles. The minimum Gasteiger partial charge on any atom is -0.409 e. The number of nitrogens with two attached hydrogens (primary N) is 2. The van der Waals surface area contributed by atoms with Crippen LogP contribution in [0, 0.1) is 18.7 Å². The highest BCUT2D eigenvalue weighted by atomic mass is 19.1. The number of benzene rings is 1. The first kappa shape index (κ1) is 18.7. The summed E-state index contributed by atoms with van der Waals surface area (Å²) in [4.78, 5) is 14.8. The van der Waals surface area contributed by atoms with E-state index in [1.807, 2.05) is 18.7 Å². The lowest BCUT2D eigenvalue weighted by molar-refractivity contribution is 0.318. The first-order chi connectivity index (χ1) is 13.3. The number of nitrogens with zero attached hydrogens (tertiary/aromatic N) is 3. The molecule has 28 heavy (non-hydrogen) atoms. The van der Waals surface area contributed by atoms with Crippen LogP contribution in [-0.2, 0) is 0 Å². The van der Waals surface area contributed by atoms with E-state index in [1.54, 1.807) is 4.57 Å². The lowest BCUT2D eigenvalue weighted by Gasteiger charge is -2.25. The fourth-order valence-corrected chi connectivity index (χ4v) is 4.42. The zero-order valence-electron chi connectivity index (χ0n) is 16.2. The minimum absolute atomic E-state index is 0.0469. The molecule has 8 heteroatoms. The highest BCUT2D eigenvalue weighted by Gasteiger charge is 2.32. The van der Waals surface area contributed by atoms with Crippen molar-refractivity contribution < 1.29 is 9.60 Å². The van der Waals surface area contributed by atoms with Gasteiger partial charge in [0.15, 0.2) is 5.84 Å². The Morgan fingerprint density at radius 3 is 2.64 bits per heavy atom. The van der Waals surface area contributed by atoms with Crippen molar-refractivity contribution in [1.82, 2.24) is 4.57 Å². The van der Waals surface area contributed by atoms with Crippen LogP contribution in [0.3, 0.4) is 0 Å². The Labute approximate surface area is 162 Å². The third-order valence-electron chi connectivity index (χ3n) is 6.08. The average Bonchev–Trinajstić information content (AvgIpc) is 3.37. The van der Waals surface area contributed by atoms with Gasteiger partial charge in [0.25, 0.3) is 5.56 Å². The summed E-state index contributed by atoms with van der Waals surface area (Å²) in [5, 5.41) is 12.6. The topological polar surface area (TPSA) is 110 Å². The largest absolute Gasteiger partial charge is 0.409 e. The molecule has 1 saturated carbocycles. The van der Waals surface area contributed by atoms with Crippen molar-refractivity contribution in [3.05, 3.63) is 39.4 Å². The van der Waals surface area contributed by atoms with Crippen LogP contribution >= 0.6 is 0 Å². The molecule has 0 unspecified atom stereocenters. The molecular formula is C20H26FN5O2. The lowest BCUT2D eigenvalue weighted by atomic mass is 10.0. The van der Waals surface area contributed by atoms with Crippen molar-refractivity contribution in [2.24, 2.45) is 22.5 Å². The standard InChI is InChI=1S/C20H26FN5O2/c1-10-18-14(7-16(21)19(10)25-6-5-12(9-25)11(2)22)15(20(23)24-28)8-17(27)26(18)13-3-4-13/h7-8,11-13,28H,3-6,9,22H2,1-2H3,(H2,23,24)/t11-,12+/m0/s1. The van der Waals surface area contributed by atoms with Gasteiger partial charge in [-0.05, 0) is 50.7 Å². The Morgan fingerprint density at radius 2 is 2.07 bits per heavy atom. The van der Waals surface area contributed by atoms with E-state index in [-0.39, 0.29) is 34.9 Å². The van der Waals surface area contributed by atoms with Gasteiger partial charge in [-0.1, -0.05) is 5.16 Å². The number of rotatable bonds is 4. The van der Waals surface area contributed by atoms with Crippen LogP contribution in [0.1, 0.15) is 43.4 Å². The second-order valence-corrected chi connectivity index (χ2v) is 8.06. The smallest absolute Gasteiger partial charge is 0.252 e. The quantitative estimate of drug-likeness (QED) is 0.322. The van der Waals surface area contributed by atoms with E-state index in [0.717, 1.165) is 25.8 Å². The molecule has 2 aromatic rings. The molecule has 0 radical (unpaired) electrons. The number of aromatic nitrogens is 1. The summed E-state index contributed by atoms with van der Waals surface area (Å²) in [5.74, 6) is -0.262. The zero-order chi connectivity index (χ0) is 20.2. The van der Waals surface area contributed by atoms with Crippen LogP contribution in [0.5, 0.6) is 0 Å². The lowest BCUT2D eigenvalue weighted by Crippen LogP contribution is -2.30. The molecule has 1 aromatic heterocycles. The van der Waals surface area contributed by atoms with Crippen LogP contribution in [-0.4, -0.2) is 34.7 Å². The molecule has 1 aliphatic heterocycles. The van der Waals surface area contributed by atoms with Gasteiger partial charge in [0.1, 0.15) is 5.82 Å². The Balaban J connectivity index is 1.97. The van der Waals surface area contributed by atoms with E-state index in [4.69, 9.17) is 16.7 Å². The van der Waals surface area contributed by atoms with E-state index in [1.165, 1.54) is 12.1 Å². The van der Waals surface area contributed by atoms with Crippen molar-refractivity contribution in [2.45, 2.75) is 45.2 Å². The summed E-state index contributed by atoms with van der Waals surface area (Å²) in [6.45, 7) is 5.23. The number of oxime groups is 1. The minimum atomic E-state index is -0.372. The molecule has 0 spiro atoms. The summed E-state index contributed by atoms with van der Waals surface area (Å²) in [7, 11) is 0. The van der Waals surface area contributed by atoms with Crippen LogP contribution < -0.4 is 21.9 Å². The van der Waals surface area contributed by atoms with Gasteiger partial charge < -0.3 is 26.1 Å². The van der Waals surface area contributed by atoms with Gasteiger partial charge >= 0.3 is 0 Å². The second kappa shape index (κ2) is 6.77. The summed E-state index contributed by atoms with van der Waals surface area (Å²) >= 11 is 0. The van der Waals surface area contributed by atoms with Gasteiger partial charge in [-0.2, -0.15) is 0 Å². The molecule has 2 fully saturated rings. The van der Waals surface area contributed by atoms with Gasteiger partial charge in [0.05, 0.1) is 11.2 Å². The molecule has 1 saturated heterocycles. The summed E-state index contributed by atoms with van der Waals surface area (Å²) in [5.41, 5.74) is 13.8. The molecule has 5 N–H and O–H groups in total. The average molecular weight is 387 g/mol. The zero-order valence-corrected chi connectivity index (χ0v) is 16.2. The predicted octanol–water partition coefficient (Wildman–Crippen LogP) is 2.05. The predicted molar refractivity (Wildman–Crippen MR) is 108 cm³/mol. The number of pyridine rings is 1. The number of anilines is 1. The maximum atomic E-state index is 15.3. The Hall–Kier alpha value is -2.61. The van der Waals surface area contributed by atoms with Gasteiger partial charge in [-0.15, -0.1) is 0 Å². The van der Waals surface area contributed by atoms with Crippen molar-refractivity contribution in [2.75, 3.05) is 18.0 Å². The van der Waals surface area contributed by atoms with Crippen LogP contribution in [0.2, 0.25) is 0 Å². The van der Waals surface area contributed by atoms with E-state index in [0.29, 0.717) is 34.6 Å². The number of amidine groups is 1. The van der Waals surface area contributed by atoms with E-state index < -0.39 is 0 Å². The maximum Gasteiger partial charge on any atom is 0.252 e. The Morgan fingerprint density at radius 1 is 1.36 bits per heavy atom. The van der Waals surface area contributed by atoms with E-state index in [2.05, 4.69) is 5.16 Å². The number of hydrogen-bond donors (Lipinski definition) is 3. The summed E-state index contributed by atoms with van der Waals surface area (Å²) < 4.78 is 17.0. The number of halogens is 1. The van der Waals surface area contributed by atoms with Gasteiger partial charge in [0, 0.05) is 42.2 Å². The molecular weight excluding hydrogens is 361 g/mol. The molecule has 0 amide bonds. The van der Waals surface area contributed by atoms with Crippen LogP contribution in [0.4, 0.5) is 10.1 Å². The molecule has 2 aliphatic rings. The highest BCUT2D eigenvalue weighted by Crippen LogP contribution is 2.40. The third-order valence-corrected chi connectivity index (χ3v) is 6.08. The van der Waals surface area contributed by atoms with Crippen molar-refractivity contribution >= 4 is 22.4 Å². The monoisotopic (exact) mass is 387 g/mol. The number of aryl methyl sites for hydroxylation is 1.